The molecule has 0 aliphatic carbocycles. The van der Waals surface area contributed by atoms with Crippen LogP contribution in [-0.2, 0) is 6.54 Å². The quantitative estimate of drug-likeness (QED) is 0.938. The Labute approximate surface area is 122 Å². The molecule has 0 fully saturated rings. The Kier molecular flexibility index (Phi) is 3.81. The van der Waals surface area contributed by atoms with Gasteiger partial charge in [0, 0.05) is 12.2 Å². The summed E-state index contributed by atoms with van der Waals surface area (Å²) in [5.41, 5.74) is 1.70. The fourth-order valence-corrected chi connectivity index (χ4v) is 2.23. The Hall–Kier alpha value is -2.43. The van der Waals surface area contributed by atoms with Crippen LogP contribution < -0.4 is 19.5 Å². The highest BCUT2D eigenvalue weighted by Gasteiger charge is 2.18. The smallest absolute Gasteiger partial charge is 0.203 e. The van der Waals surface area contributed by atoms with Gasteiger partial charge >= 0.3 is 0 Å². The first-order valence-corrected chi connectivity index (χ1v) is 6.72. The number of benzene rings is 2. The summed E-state index contributed by atoms with van der Waals surface area (Å²) in [6.45, 7) is 1.58. The Morgan fingerprint density at radius 1 is 1.19 bits per heavy atom. The first-order chi connectivity index (χ1) is 10.3. The number of halogens is 1. The maximum atomic E-state index is 13.1. The van der Waals surface area contributed by atoms with Gasteiger partial charge < -0.3 is 19.5 Å². The molecule has 3 rings (SSSR count). The van der Waals surface area contributed by atoms with E-state index in [1.165, 1.54) is 12.1 Å². The maximum Gasteiger partial charge on any atom is 0.203 e. The number of anilines is 1. The van der Waals surface area contributed by atoms with Crippen molar-refractivity contribution in [2.45, 2.75) is 6.54 Å². The van der Waals surface area contributed by atoms with Crippen molar-refractivity contribution in [3.8, 4) is 17.2 Å². The van der Waals surface area contributed by atoms with E-state index in [0.29, 0.717) is 37.0 Å². The summed E-state index contributed by atoms with van der Waals surface area (Å²) < 4.78 is 29.6. The molecule has 0 atom stereocenters. The molecule has 4 nitrogen and oxygen atoms in total. The standard InChI is InChI=1S/C16H16FNO3/c1-19-14-7-11(8-15-16(14)21-6-5-20-15)10-18-13-4-2-3-12(17)9-13/h2-4,7-9,18H,5-6,10H2,1H3. The third-order valence-electron chi connectivity index (χ3n) is 3.21. The van der Waals surface area contributed by atoms with Crippen LogP contribution in [0, 0.1) is 5.82 Å². The number of fused-ring (bicyclic) bond motifs is 1. The van der Waals surface area contributed by atoms with Crippen LogP contribution in [0.5, 0.6) is 17.2 Å². The van der Waals surface area contributed by atoms with Crippen molar-refractivity contribution < 1.29 is 18.6 Å². The normalized spacial score (nSPS) is 12.9. The zero-order valence-electron chi connectivity index (χ0n) is 11.7. The highest BCUT2D eigenvalue weighted by molar-refractivity contribution is 5.55. The first kappa shape index (κ1) is 13.5. The van der Waals surface area contributed by atoms with Crippen molar-refractivity contribution >= 4 is 5.69 Å². The minimum Gasteiger partial charge on any atom is -0.493 e. The van der Waals surface area contributed by atoms with Gasteiger partial charge in [0.05, 0.1) is 7.11 Å². The second-order valence-electron chi connectivity index (χ2n) is 4.69. The summed E-state index contributed by atoms with van der Waals surface area (Å²) in [6, 6.07) is 10.1. The molecule has 1 heterocycles. The molecule has 0 aromatic heterocycles. The summed E-state index contributed by atoms with van der Waals surface area (Å²) in [6.07, 6.45) is 0. The minimum atomic E-state index is -0.264. The van der Waals surface area contributed by atoms with E-state index in [4.69, 9.17) is 14.2 Å². The zero-order valence-corrected chi connectivity index (χ0v) is 11.7. The Morgan fingerprint density at radius 3 is 2.86 bits per heavy atom. The number of nitrogens with one attached hydrogen (secondary N) is 1. The number of rotatable bonds is 4. The van der Waals surface area contributed by atoms with Crippen molar-refractivity contribution in [2.24, 2.45) is 0 Å². The topological polar surface area (TPSA) is 39.7 Å². The second-order valence-corrected chi connectivity index (χ2v) is 4.69. The summed E-state index contributed by atoms with van der Waals surface area (Å²) in [4.78, 5) is 0. The first-order valence-electron chi connectivity index (χ1n) is 6.72. The zero-order chi connectivity index (χ0) is 14.7. The average Bonchev–Trinajstić information content (AvgIpc) is 2.52. The maximum absolute atomic E-state index is 13.1. The van der Waals surface area contributed by atoms with E-state index >= 15 is 0 Å². The molecule has 1 aliphatic rings. The molecule has 0 amide bonds. The predicted octanol–water partition coefficient (Wildman–Crippen LogP) is 3.22. The lowest BCUT2D eigenvalue weighted by Gasteiger charge is -2.21. The highest BCUT2D eigenvalue weighted by atomic mass is 19.1. The van der Waals surface area contributed by atoms with Gasteiger partial charge in [0.25, 0.3) is 0 Å². The molecule has 110 valence electrons. The molecule has 2 aromatic carbocycles. The van der Waals surface area contributed by atoms with E-state index in [-0.39, 0.29) is 5.82 Å². The number of methoxy groups -OCH3 is 1. The van der Waals surface area contributed by atoms with Gasteiger partial charge in [-0.3, -0.25) is 0 Å². The summed E-state index contributed by atoms with van der Waals surface area (Å²) in [5, 5.41) is 3.17. The summed E-state index contributed by atoms with van der Waals surface area (Å²) in [5.74, 6) is 1.69. The summed E-state index contributed by atoms with van der Waals surface area (Å²) in [7, 11) is 1.59. The largest absolute Gasteiger partial charge is 0.493 e. The van der Waals surface area contributed by atoms with Crippen molar-refractivity contribution in [1.29, 1.82) is 0 Å². The van der Waals surface area contributed by atoms with Crippen LogP contribution in [0.2, 0.25) is 0 Å². The van der Waals surface area contributed by atoms with Gasteiger partial charge in [0.15, 0.2) is 11.5 Å². The van der Waals surface area contributed by atoms with Crippen LogP contribution in [-0.4, -0.2) is 20.3 Å². The molecule has 21 heavy (non-hydrogen) atoms. The van der Waals surface area contributed by atoms with Crippen LogP contribution in [0.3, 0.4) is 0 Å². The van der Waals surface area contributed by atoms with Gasteiger partial charge in [-0.15, -0.1) is 0 Å². The number of hydrogen-bond acceptors (Lipinski definition) is 4. The van der Waals surface area contributed by atoms with Crippen LogP contribution in [0.15, 0.2) is 36.4 Å². The van der Waals surface area contributed by atoms with Gasteiger partial charge in [-0.2, -0.15) is 0 Å². The minimum absolute atomic E-state index is 0.264. The second kappa shape index (κ2) is 5.91. The molecular weight excluding hydrogens is 273 g/mol. The summed E-state index contributed by atoms with van der Waals surface area (Å²) >= 11 is 0. The number of ether oxygens (including phenoxy) is 3. The third-order valence-corrected chi connectivity index (χ3v) is 3.21. The molecule has 5 heteroatoms. The fourth-order valence-electron chi connectivity index (χ4n) is 2.23. The molecule has 1 aliphatic heterocycles. The lowest BCUT2D eigenvalue weighted by Crippen LogP contribution is -2.16. The SMILES string of the molecule is COc1cc(CNc2cccc(F)c2)cc2c1OCCO2. The lowest BCUT2D eigenvalue weighted by molar-refractivity contribution is 0.165. The predicted molar refractivity (Wildman–Crippen MR) is 77.7 cm³/mol. The van der Waals surface area contributed by atoms with Gasteiger partial charge in [0.2, 0.25) is 5.75 Å². The van der Waals surface area contributed by atoms with Gasteiger partial charge in [-0.25, -0.2) is 4.39 Å². The van der Waals surface area contributed by atoms with E-state index in [1.807, 2.05) is 18.2 Å². The van der Waals surface area contributed by atoms with Gasteiger partial charge in [0.1, 0.15) is 19.0 Å². The molecule has 0 bridgehead atoms. The van der Waals surface area contributed by atoms with Crippen LogP contribution >= 0.6 is 0 Å². The lowest BCUT2D eigenvalue weighted by atomic mass is 10.1. The average molecular weight is 289 g/mol. The fraction of sp³-hybridized carbons (Fsp3) is 0.250. The Balaban J connectivity index is 1.79. The van der Waals surface area contributed by atoms with Crippen LogP contribution in [0.4, 0.5) is 10.1 Å². The molecule has 0 radical (unpaired) electrons. The van der Waals surface area contributed by atoms with Crippen molar-refractivity contribution in [3.05, 3.63) is 47.8 Å². The van der Waals surface area contributed by atoms with Crippen LogP contribution in [0.25, 0.3) is 0 Å². The Bertz CT molecular complexity index is 628. The van der Waals surface area contributed by atoms with Gasteiger partial charge in [-0.05, 0) is 35.9 Å². The van der Waals surface area contributed by atoms with E-state index in [2.05, 4.69) is 5.32 Å². The van der Waals surface area contributed by atoms with Crippen LogP contribution in [0.1, 0.15) is 5.56 Å². The molecule has 0 spiro atoms. The van der Waals surface area contributed by atoms with Crippen molar-refractivity contribution in [1.82, 2.24) is 0 Å². The molecule has 0 saturated heterocycles. The Morgan fingerprint density at radius 2 is 2.05 bits per heavy atom. The molecule has 0 saturated carbocycles. The van der Waals surface area contributed by atoms with E-state index in [0.717, 1.165) is 11.3 Å². The molecule has 2 aromatic rings. The van der Waals surface area contributed by atoms with E-state index < -0.39 is 0 Å². The van der Waals surface area contributed by atoms with Crippen molar-refractivity contribution in [3.63, 3.8) is 0 Å². The highest BCUT2D eigenvalue weighted by Crippen LogP contribution is 2.40. The van der Waals surface area contributed by atoms with Crippen molar-refractivity contribution in [2.75, 3.05) is 25.6 Å². The van der Waals surface area contributed by atoms with E-state index in [9.17, 15) is 4.39 Å². The monoisotopic (exact) mass is 289 g/mol. The van der Waals surface area contributed by atoms with E-state index in [1.54, 1.807) is 13.2 Å². The molecule has 1 N–H and O–H groups in total. The van der Waals surface area contributed by atoms with Gasteiger partial charge in [-0.1, -0.05) is 6.07 Å². The molecular formula is C16H16FNO3. The number of hydrogen-bond donors (Lipinski definition) is 1. The third kappa shape index (κ3) is 3.02. The molecule has 0 unspecified atom stereocenters.